The molecular formula is C22H13FN8. The maximum absolute atomic E-state index is 15.5. The van der Waals surface area contributed by atoms with Gasteiger partial charge in [0.25, 0.3) is 0 Å². The Labute approximate surface area is 174 Å². The Hall–Kier alpha value is -4.53. The van der Waals surface area contributed by atoms with Gasteiger partial charge in [0, 0.05) is 30.4 Å². The maximum Gasteiger partial charge on any atom is 0.161 e. The number of hydrogen-bond acceptors (Lipinski definition) is 6. The predicted molar refractivity (Wildman–Crippen MR) is 113 cm³/mol. The van der Waals surface area contributed by atoms with Crippen molar-refractivity contribution in [3.05, 3.63) is 73.2 Å². The smallest absolute Gasteiger partial charge is 0.161 e. The molecule has 6 rings (SSSR count). The fourth-order valence-electron chi connectivity index (χ4n) is 3.59. The van der Waals surface area contributed by atoms with Crippen LogP contribution in [0.2, 0.25) is 0 Å². The van der Waals surface area contributed by atoms with Crippen molar-refractivity contribution in [3.8, 4) is 34.2 Å². The molecule has 0 aromatic carbocycles. The van der Waals surface area contributed by atoms with Crippen molar-refractivity contribution >= 4 is 21.9 Å². The number of nitrogens with one attached hydrogen (secondary N) is 2. The molecule has 0 spiro atoms. The number of fused-ring (bicyclic) bond motifs is 2. The molecule has 9 heteroatoms. The highest BCUT2D eigenvalue weighted by molar-refractivity contribution is 5.97. The molecule has 2 N–H and O–H groups in total. The summed E-state index contributed by atoms with van der Waals surface area (Å²) in [4.78, 5) is 25.0. The predicted octanol–water partition coefficient (Wildman–Crippen LogP) is 4.16. The van der Waals surface area contributed by atoms with E-state index in [9.17, 15) is 0 Å². The van der Waals surface area contributed by atoms with Crippen LogP contribution >= 0.6 is 0 Å². The van der Waals surface area contributed by atoms with E-state index in [1.807, 2.05) is 24.3 Å². The van der Waals surface area contributed by atoms with Crippen LogP contribution in [-0.4, -0.2) is 40.1 Å². The second-order valence-electron chi connectivity index (χ2n) is 6.88. The Kier molecular flexibility index (Phi) is 3.79. The first kappa shape index (κ1) is 17.3. The minimum Gasteiger partial charge on any atom is -0.336 e. The van der Waals surface area contributed by atoms with Crippen molar-refractivity contribution < 1.29 is 4.39 Å². The highest BCUT2D eigenvalue weighted by Gasteiger charge is 2.21. The van der Waals surface area contributed by atoms with Gasteiger partial charge in [-0.05, 0) is 30.3 Å². The molecule has 31 heavy (non-hydrogen) atoms. The zero-order valence-corrected chi connectivity index (χ0v) is 15.9. The highest BCUT2D eigenvalue weighted by atomic mass is 19.1. The third kappa shape index (κ3) is 2.75. The van der Waals surface area contributed by atoms with E-state index in [1.165, 1.54) is 0 Å². The fourth-order valence-corrected chi connectivity index (χ4v) is 3.59. The highest BCUT2D eigenvalue weighted by Crippen LogP contribution is 2.33. The van der Waals surface area contributed by atoms with E-state index in [-0.39, 0.29) is 5.69 Å². The molecule has 0 aliphatic rings. The van der Waals surface area contributed by atoms with Crippen LogP contribution in [0.5, 0.6) is 0 Å². The summed E-state index contributed by atoms with van der Waals surface area (Å²) in [7, 11) is 0. The number of nitrogens with zero attached hydrogens (tertiary/aromatic N) is 6. The summed E-state index contributed by atoms with van der Waals surface area (Å²) in [6.45, 7) is 0. The fraction of sp³-hybridized carbons (Fsp3) is 0. The van der Waals surface area contributed by atoms with Crippen LogP contribution in [0.15, 0.2) is 67.4 Å². The lowest BCUT2D eigenvalue weighted by Crippen LogP contribution is -1.92. The summed E-state index contributed by atoms with van der Waals surface area (Å²) >= 11 is 0. The average molecular weight is 408 g/mol. The van der Waals surface area contributed by atoms with Crippen LogP contribution in [0.4, 0.5) is 4.39 Å². The average Bonchev–Trinajstić information content (AvgIpc) is 3.45. The molecular weight excluding hydrogens is 395 g/mol. The molecule has 0 atom stereocenters. The van der Waals surface area contributed by atoms with Crippen molar-refractivity contribution in [2.24, 2.45) is 0 Å². The summed E-state index contributed by atoms with van der Waals surface area (Å²) in [5.41, 5.74) is 4.35. The molecule has 0 saturated carbocycles. The second-order valence-corrected chi connectivity index (χ2v) is 6.88. The second kappa shape index (κ2) is 6.77. The number of halogens is 1. The zero-order chi connectivity index (χ0) is 20.8. The van der Waals surface area contributed by atoms with E-state index in [1.54, 1.807) is 43.1 Å². The van der Waals surface area contributed by atoms with Gasteiger partial charge in [0.1, 0.15) is 22.6 Å². The van der Waals surface area contributed by atoms with Gasteiger partial charge in [-0.15, -0.1) is 0 Å². The van der Waals surface area contributed by atoms with Gasteiger partial charge < -0.3 is 4.98 Å². The lowest BCUT2D eigenvalue weighted by molar-refractivity contribution is 0.638. The minimum absolute atomic E-state index is 0.204. The van der Waals surface area contributed by atoms with Crippen LogP contribution in [0.3, 0.4) is 0 Å². The normalized spacial score (nSPS) is 11.4. The number of pyridine rings is 4. The Balaban J connectivity index is 1.56. The van der Waals surface area contributed by atoms with Crippen LogP contribution in [0, 0.1) is 5.82 Å². The molecule has 0 bridgehead atoms. The molecule has 0 radical (unpaired) electrons. The van der Waals surface area contributed by atoms with Gasteiger partial charge in [-0.2, -0.15) is 5.10 Å². The molecule has 0 fully saturated rings. The molecule has 0 amide bonds. The van der Waals surface area contributed by atoms with Crippen molar-refractivity contribution in [2.45, 2.75) is 0 Å². The van der Waals surface area contributed by atoms with Crippen molar-refractivity contribution in [3.63, 3.8) is 0 Å². The van der Waals surface area contributed by atoms with Gasteiger partial charge in [-0.25, -0.2) is 9.37 Å². The zero-order valence-electron chi connectivity index (χ0n) is 15.9. The molecule has 6 aromatic heterocycles. The Bertz CT molecular complexity index is 1540. The van der Waals surface area contributed by atoms with Crippen LogP contribution in [0.1, 0.15) is 0 Å². The summed E-state index contributed by atoms with van der Waals surface area (Å²) < 4.78 is 15.5. The van der Waals surface area contributed by atoms with Crippen LogP contribution in [-0.2, 0) is 0 Å². The largest absolute Gasteiger partial charge is 0.336 e. The lowest BCUT2D eigenvalue weighted by atomic mass is 10.1. The van der Waals surface area contributed by atoms with Crippen molar-refractivity contribution in [2.75, 3.05) is 0 Å². The van der Waals surface area contributed by atoms with Gasteiger partial charge in [0.2, 0.25) is 0 Å². The van der Waals surface area contributed by atoms with Crippen LogP contribution in [0.25, 0.3) is 56.1 Å². The quantitative estimate of drug-likeness (QED) is 0.455. The maximum atomic E-state index is 15.5. The summed E-state index contributed by atoms with van der Waals surface area (Å²) in [6.07, 6.45) is 8.14. The van der Waals surface area contributed by atoms with Gasteiger partial charge >= 0.3 is 0 Å². The first-order chi connectivity index (χ1) is 15.3. The SMILES string of the molecule is Fc1c(-c2cccnc2)ncc2[nH]nc(-c3nc4c(-c5ccccn5)nccc4[nH]3)c12. The van der Waals surface area contributed by atoms with Gasteiger partial charge in [-0.3, -0.25) is 25.0 Å². The number of H-pyrrole nitrogens is 2. The molecule has 0 unspecified atom stereocenters. The first-order valence-corrected chi connectivity index (χ1v) is 9.49. The topological polar surface area (TPSA) is 109 Å². The molecule has 8 nitrogen and oxygen atoms in total. The molecule has 0 aliphatic carbocycles. The third-order valence-corrected chi connectivity index (χ3v) is 5.01. The Morgan fingerprint density at radius 3 is 2.58 bits per heavy atom. The van der Waals surface area contributed by atoms with Gasteiger partial charge in [-0.1, -0.05) is 6.07 Å². The number of imidazole rings is 1. The van der Waals surface area contributed by atoms with E-state index < -0.39 is 5.82 Å². The van der Waals surface area contributed by atoms with Gasteiger partial charge in [0.15, 0.2) is 11.6 Å². The molecule has 0 saturated heterocycles. The molecule has 148 valence electrons. The monoisotopic (exact) mass is 408 g/mol. The van der Waals surface area contributed by atoms with E-state index in [2.05, 4.69) is 40.1 Å². The Morgan fingerprint density at radius 2 is 1.74 bits per heavy atom. The number of rotatable bonds is 3. The lowest BCUT2D eigenvalue weighted by Gasteiger charge is -2.03. The van der Waals surface area contributed by atoms with Crippen LogP contribution < -0.4 is 0 Å². The number of aromatic nitrogens is 8. The van der Waals surface area contributed by atoms with E-state index in [4.69, 9.17) is 0 Å². The summed E-state index contributed by atoms with van der Waals surface area (Å²) in [5.74, 6) is -0.0635. The molecule has 0 aliphatic heterocycles. The van der Waals surface area contributed by atoms with E-state index in [0.717, 1.165) is 5.52 Å². The third-order valence-electron chi connectivity index (χ3n) is 5.01. The van der Waals surface area contributed by atoms with Crippen molar-refractivity contribution in [1.82, 2.24) is 40.1 Å². The number of aromatic amines is 2. The Morgan fingerprint density at radius 1 is 0.774 bits per heavy atom. The van der Waals surface area contributed by atoms with E-state index in [0.29, 0.717) is 44.9 Å². The summed E-state index contributed by atoms with van der Waals surface area (Å²) in [5, 5.41) is 7.45. The molecule has 6 heterocycles. The minimum atomic E-state index is -0.488. The summed E-state index contributed by atoms with van der Waals surface area (Å²) in [6, 6.07) is 10.9. The molecule has 6 aromatic rings. The standard InChI is InChI=1S/C22H13FN8/c23-17-16-15(11-27-18(17)12-4-3-7-24-10-12)30-31-21(16)22-28-14-6-9-26-19(20(14)29-22)13-5-1-2-8-25-13/h1-11H,(H,28,29)(H,30,31). The van der Waals surface area contributed by atoms with E-state index >= 15 is 4.39 Å². The number of hydrogen-bond donors (Lipinski definition) is 2. The van der Waals surface area contributed by atoms with Crippen molar-refractivity contribution in [1.29, 1.82) is 0 Å². The first-order valence-electron chi connectivity index (χ1n) is 9.49. The van der Waals surface area contributed by atoms with Gasteiger partial charge in [0.05, 0.1) is 28.3 Å².